The van der Waals surface area contributed by atoms with Crippen molar-refractivity contribution in [2.45, 2.75) is 19.9 Å². The van der Waals surface area contributed by atoms with E-state index < -0.39 is 23.9 Å². The zero-order valence-electron chi connectivity index (χ0n) is 16.0. The molecule has 0 aromatic carbocycles. The molecule has 0 spiro atoms. The van der Waals surface area contributed by atoms with Crippen LogP contribution in [0.3, 0.4) is 0 Å². The number of esters is 1. The fraction of sp³-hybridized carbons (Fsp3) is 0.353. The van der Waals surface area contributed by atoms with Crippen molar-refractivity contribution in [3.63, 3.8) is 0 Å². The molecule has 2 amide bonds. The highest BCUT2D eigenvalue weighted by Crippen LogP contribution is 2.34. The minimum absolute atomic E-state index is 0.0320. The number of nitrogens with zero attached hydrogens (tertiary/aromatic N) is 3. The molecule has 10 nitrogen and oxygen atoms in total. The van der Waals surface area contributed by atoms with Crippen LogP contribution < -0.4 is 5.32 Å². The SMILES string of the molecule is COC(=O)c1c(NC(=O)c2ccn(C(C)C(=O)O)n2)sc(C(=O)N(C)C)c1C. The van der Waals surface area contributed by atoms with Crippen molar-refractivity contribution in [2.75, 3.05) is 26.5 Å². The van der Waals surface area contributed by atoms with Gasteiger partial charge in [-0.3, -0.25) is 14.3 Å². The molecule has 1 unspecified atom stereocenters. The molecule has 0 aliphatic rings. The molecule has 0 fully saturated rings. The first-order valence-corrected chi connectivity index (χ1v) is 8.92. The summed E-state index contributed by atoms with van der Waals surface area (Å²) in [4.78, 5) is 49.7. The highest BCUT2D eigenvalue weighted by Gasteiger charge is 2.27. The largest absolute Gasteiger partial charge is 0.480 e. The van der Waals surface area contributed by atoms with E-state index in [0.717, 1.165) is 16.0 Å². The lowest BCUT2D eigenvalue weighted by molar-refractivity contribution is -0.140. The number of ether oxygens (including phenoxy) is 1. The van der Waals surface area contributed by atoms with Crippen LogP contribution in [0.25, 0.3) is 0 Å². The van der Waals surface area contributed by atoms with Gasteiger partial charge >= 0.3 is 11.9 Å². The van der Waals surface area contributed by atoms with Gasteiger partial charge in [-0.25, -0.2) is 9.59 Å². The van der Waals surface area contributed by atoms with Gasteiger partial charge in [-0.15, -0.1) is 11.3 Å². The van der Waals surface area contributed by atoms with Gasteiger partial charge in [-0.1, -0.05) is 0 Å². The van der Waals surface area contributed by atoms with E-state index in [1.807, 2.05) is 0 Å². The number of hydrogen-bond donors (Lipinski definition) is 2. The van der Waals surface area contributed by atoms with Crippen molar-refractivity contribution in [3.8, 4) is 0 Å². The lowest BCUT2D eigenvalue weighted by atomic mass is 10.1. The van der Waals surface area contributed by atoms with Gasteiger partial charge in [0.15, 0.2) is 5.69 Å². The molecule has 0 saturated carbocycles. The molecule has 0 radical (unpaired) electrons. The van der Waals surface area contributed by atoms with Gasteiger partial charge in [0.1, 0.15) is 11.0 Å². The number of anilines is 1. The Morgan fingerprint density at radius 2 is 1.96 bits per heavy atom. The Hall–Kier alpha value is -3.21. The van der Waals surface area contributed by atoms with E-state index >= 15 is 0 Å². The zero-order valence-corrected chi connectivity index (χ0v) is 16.8. The lowest BCUT2D eigenvalue weighted by Gasteiger charge is -2.08. The van der Waals surface area contributed by atoms with Gasteiger partial charge in [0.25, 0.3) is 11.8 Å². The fourth-order valence-electron chi connectivity index (χ4n) is 2.31. The molecule has 0 aliphatic heterocycles. The summed E-state index contributed by atoms with van der Waals surface area (Å²) in [6.45, 7) is 3.02. The summed E-state index contributed by atoms with van der Waals surface area (Å²) in [6, 6.07) is 0.416. The van der Waals surface area contributed by atoms with Gasteiger partial charge in [0.05, 0.1) is 17.6 Å². The number of carbonyl (C=O) groups excluding carboxylic acids is 3. The van der Waals surface area contributed by atoms with Gasteiger partial charge in [-0.05, 0) is 25.5 Å². The number of rotatable bonds is 6. The van der Waals surface area contributed by atoms with Crippen LogP contribution in [-0.2, 0) is 9.53 Å². The third-order valence-electron chi connectivity index (χ3n) is 3.96. The highest BCUT2D eigenvalue weighted by atomic mass is 32.1. The first kappa shape index (κ1) is 21.1. The number of methoxy groups -OCH3 is 1. The second kappa shape index (κ2) is 8.21. The van der Waals surface area contributed by atoms with Gasteiger partial charge < -0.3 is 20.1 Å². The topological polar surface area (TPSA) is 131 Å². The lowest BCUT2D eigenvalue weighted by Crippen LogP contribution is -2.21. The Morgan fingerprint density at radius 3 is 2.50 bits per heavy atom. The predicted molar refractivity (Wildman–Crippen MR) is 101 cm³/mol. The highest BCUT2D eigenvalue weighted by molar-refractivity contribution is 7.18. The molecule has 0 saturated heterocycles. The molecule has 150 valence electrons. The van der Waals surface area contributed by atoms with E-state index in [1.54, 1.807) is 21.0 Å². The van der Waals surface area contributed by atoms with Crippen LogP contribution >= 0.6 is 11.3 Å². The summed E-state index contributed by atoms with van der Waals surface area (Å²) in [5.74, 6) is -2.74. The number of thiophene rings is 1. The maximum absolute atomic E-state index is 12.5. The zero-order chi connectivity index (χ0) is 21.2. The first-order valence-electron chi connectivity index (χ1n) is 8.11. The summed E-state index contributed by atoms with van der Waals surface area (Å²) in [5, 5.41) is 15.7. The van der Waals surface area contributed by atoms with E-state index in [2.05, 4.69) is 10.4 Å². The quantitative estimate of drug-likeness (QED) is 0.695. The minimum atomic E-state index is -1.09. The van der Waals surface area contributed by atoms with Crippen molar-refractivity contribution >= 4 is 40.1 Å². The molecule has 0 bridgehead atoms. The molecular formula is C17H20N4O6S. The van der Waals surface area contributed by atoms with Crippen LogP contribution in [-0.4, -0.2) is 64.7 Å². The summed E-state index contributed by atoms with van der Waals surface area (Å²) in [7, 11) is 4.36. The molecule has 0 aliphatic carbocycles. The van der Waals surface area contributed by atoms with Gasteiger partial charge in [0.2, 0.25) is 0 Å². The van der Waals surface area contributed by atoms with Gasteiger partial charge in [-0.2, -0.15) is 5.10 Å². The third-order valence-corrected chi connectivity index (χ3v) is 5.15. The third kappa shape index (κ3) is 4.03. The van der Waals surface area contributed by atoms with Gasteiger partial charge in [0, 0.05) is 20.3 Å². The number of hydrogen-bond acceptors (Lipinski definition) is 7. The normalized spacial score (nSPS) is 11.6. The van der Waals surface area contributed by atoms with E-state index in [0.29, 0.717) is 10.4 Å². The van der Waals surface area contributed by atoms with E-state index in [4.69, 9.17) is 9.84 Å². The number of amides is 2. The Balaban J connectivity index is 2.38. The molecule has 2 aromatic heterocycles. The van der Waals surface area contributed by atoms with Crippen molar-refractivity contribution < 1.29 is 29.0 Å². The number of carbonyl (C=O) groups is 4. The number of carboxylic acids is 1. The number of aliphatic carboxylic acids is 1. The standard InChI is InChI=1S/C17H20N4O6S/c1-8-11(17(26)27-5)14(28-12(8)15(23)20(3)4)18-13(22)10-6-7-21(19-10)9(2)16(24)25/h6-7,9H,1-5H3,(H,18,22)(H,24,25). The Kier molecular flexibility index (Phi) is 6.19. The smallest absolute Gasteiger partial charge is 0.341 e. The molecular weight excluding hydrogens is 388 g/mol. The average molecular weight is 408 g/mol. The Morgan fingerprint density at radius 1 is 1.32 bits per heavy atom. The van der Waals surface area contributed by atoms with Crippen LogP contribution in [0.5, 0.6) is 0 Å². The van der Waals surface area contributed by atoms with Crippen LogP contribution in [0.2, 0.25) is 0 Å². The maximum Gasteiger partial charge on any atom is 0.341 e. The minimum Gasteiger partial charge on any atom is -0.480 e. The Labute approximate surface area is 164 Å². The second-order valence-electron chi connectivity index (χ2n) is 6.10. The van der Waals surface area contributed by atoms with E-state index in [-0.39, 0.29) is 22.2 Å². The van der Waals surface area contributed by atoms with Crippen LogP contribution in [0.15, 0.2) is 12.3 Å². The average Bonchev–Trinajstić information content (AvgIpc) is 3.25. The molecule has 1 atom stereocenters. The molecule has 2 N–H and O–H groups in total. The predicted octanol–water partition coefficient (Wildman–Crippen LogP) is 1.64. The molecule has 11 heteroatoms. The second-order valence-corrected chi connectivity index (χ2v) is 7.12. The summed E-state index contributed by atoms with van der Waals surface area (Å²) >= 11 is 0.955. The molecule has 2 heterocycles. The first-order chi connectivity index (χ1) is 13.1. The summed E-state index contributed by atoms with van der Waals surface area (Å²) in [6.07, 6.45) is 1.37. The Bertz CT molecular complexity index is 946. The van der Waals surface area contributed by atoms with E-state index in [1.165, 1.54) is 31.2 Å². The van der Waals surface area contributed by atoms with Crippen molar-refractivity contribution in [2.24, 2.45) is 0 Å². The van der Waals surface area contributed by atoms with Crippen molar-refractivity contribution in [1.82, 2.24) is 14.7 Å². The number of nitrogens with one attached hydrogen (secondary N) is 1. The molecule has 2 rings (SSSR count). The molecule has 2 aromatic rings. The van der Waals surface area contributed by atoms with Crippen LogP contribution in [0.4, 0.5) is 5.00 Å². The van der Waals surface area contributed by atoms with Crippen LogP contribution in [0.1, 0.15) is 49.0 Å². The van der Waals surface area contributed by atoms with Crippen LogP contribution in [0, 0.1) is 6.92 Å². The maximum atomic E-state index is 12.5. The number of aromatic nitrogens is 2. The van der Waals surface area contributed by atoms with Crippen molar-refractivity contribution in [1.29, 1.82) is 0 Å². The summed E-state index contributed by atoms with van der Waals surface area (Å²) in [5.41, 5.74) is 0.454. The monoisotopic (exact) mass is 408 g/mol. The number of carboxylic acid groups (broad SMARTS) is 1. The van der Waals surface area contributed by atoms with E-state index in [9.17, 15) is 19.2 Å². The molecule has 28 heavy (non-hydrogen) atoms. The fourth-order valence-corrected chi connectivity index (χ4v) is 3.52. The summed E-state index contributed by atoms with van der Waals surface area (Å²) < 4.78 is 5.91. The van der Waals surface area contributed by atoms with Crippen molar-refractivity contribution in [3.05, 3.63) is 34.0 Å².